The fraction of sp³-hybridized carbons (Fsp3) is 0.333. The molecule has 0 amide bonds. The maximum absolute atomic E-state index is 3.98. The van der Waals surface area contributed by atoms with Gasteiger partial charge in [0, 0.05) is 18.7 Å². The molecule has 0 radical (unpaired) electrons. The van der Waals surface area contributed by atoms with Gasteiger partial charge in [0.25, 0.3) is 0 Å². The highest BCUT2D eigenvalue weighted by atomic mass is 15.2. The Labute approximate surface area is 76.6 Å². The number of aromatic nitrogens is 3. The number of likely N-dealkylation sites (N-methyl/N-ethyl adjacent to an activating group) is 1. The summed E-state index contributed by atoms with van der Waals surface area (Å²) in [6, 6.07) is 6.05. The van der Waals surface area contributed by atoms with Crippen LogP contribution in [0.25, 0.3) is 5.65 Å². The third-order valence-corrected chi connectivity index (χ3v) is 2.05. The van der Waals surface area contributed by atoms with E-state index in [0.29, 0.717) is 0 Å². The molecule has 0 spiro atoms. The van der Waals surface area contributed by atoms with Gasteiger partial charge in [0.1, 0.15) is 6.33 Å². The standard InChI is InChI=1S/C9H12N4/c1-10-6-5-8-3-2-4-9-12-11-7-13(8)9/h2-4,7,10H,5-6H2,1H3. The van der Waals surface area contributed by atoms with Crippen LogP contribution in [0.1, 0.15) is 5.69 Å². The van der Waals surface area contributed by atoms with Crippen molar-refractivity contribution in [3.63, 3.8) is 0 Å². The minimum absolute atomic E-state index is 0.911. The van der Waals surface area contributed by atoms with Crippen LogP contribution < -0.4 is 5.32 Å². The predicted molar refractivity (Wildman–Crippen MR) is 50.6 cm³/mol. The quantitative estimate of drug-likeness (QED) is 0.740. The molecule has 0 bridgehead atoms. The van der Waals surface area contributed by atoms with Gasteiger partial charge in [0.05, 0.1) is 0 Å². The van der Waals surface area contributed by atoms with E-state index in [4.69, 9.17) is 0 Å². The first-order valence-electron chi connectivity index (χ1n) is 4.34. The lowest BCUT2D eigenvalue weighted by atomic mass is 10.2. The predicted octanol–water partition coefficient (Wildman–Crippen LogP) is 0.491. The Morgan fingerprint density at radius 3 is 3.23 bits per heavy atom. The summed E-state index contributed by atoms with van der Waals surface area (Å²) >= 11 is 0. The molecule has 2 aromatic heterocycles. The fourth-order valence-corrected chi connectivity index (χ4v) is 1.36. The highest BCUT2D eigenvalue weighted by molar-refractivity contribution is 5.37. The molecular weight excluding hydrogens is 164 g/mol. The summed E-state index contributed by atoms with van der Waals surface area (Å²) in [5.41, 5.74) is 2.14. The van der Waals surface area contributed by atoms with Crippen LogP contribution in [0.5, 0.6) is 0 Å². The van der Waals surface area contributed by atoms with Crippen molar-refractivity contribution < 1.29 is 0 Å². The van der Waals surface area contributed by atoms with Crippen LogP contribution in [0.15, 0.2) is 24.5 Å². The SMILES string of the molecule is CNCCc1cccc2nncn12. The second-order valence-electron chi connectivity index (χ2n) is 2.93. The maximum atomic E-state index is 3.98. The van der Waals surface area contributed by atoms with Gasteiger partial charge in [-0.25, -0.2) is 0 Å². The second-order valence-corrected chi connectivity index (χ2v) is 2.93. The van der Waals surface area contributed by atoms with E-state index >= 15 is 0 Å². The van der Waals surface area contributed by atoms with E-state index in [1.54, 1.807) is 6.33 Å². The highest BCUT2D eigenvalue weighted by Gasteiger charge is 1.99. The Balaban J connectivity index is 2.37. The molecule has 68 valence electrons. The van der Waals surface area contributed by atoms with Gasteiger partial charge in [-0.3, -0.25) is 4.40 Å². The zero-order chi connectivity index (χ0) is 9.10. The molecule has 2 heterocycles. The average molecular weight is 176 g/mol. The number of nitrogens with zero attached hydrogens (tertiary/aromatic N) is 3. The number of rotatable bonds is 3. The van der Waals surface area contributed by atoms with Crippen LogP contribution >= 0.6 is 0 Å². The van der Waals surface area contributed by atoms with Crippen LogP contribution in [0, 0.1) is 0 Å². The largest absolute Gasteiger partial charge is 0.319 e. The van der Waals surface area contributed by atoms with E-state index in [2.05, 4.69) is 21.6 Å². The molecular formula is C9H12N4. The van der Waals surface area contributed by atoms with Crippen molar-refractivity contribution in [1.29, 1.82) is 0 Å². The molecule has 0 unspecified atom stereocenters. The first kappa shape index (κ1) is 8.19. The number of hydrogen-bond acceptors (Lipinski definition) is 3. The number of pyridine rings is 1. The maximum Gasteiger partial charge on any atom is 0.160 e. The fourth-order valence-electron chi connectivity index (χ4n) is 1.36. The normalized spacial score (nSPS) is 10.8. The lowest BCUT2D eigenvalue weighted by Crippen LogP contribution is -2.12. The lowest BCUT2D eigenvalue weighted by molar-refractivity contribution is 0.767. The average Bonchev–Trinajstić information content (AvgIpc) is 2.62. The Morgan fingerprint density at radius 2 is 2.38 bits per heavy atom. The van der Waals surface area contributed by atoms with E-state index in [-0.39, 0.29) is 0 Å². The van der Waals surface area contributed by atoms with E-state index < -0.39 is 0 Å². The smallest absolute Gasteiger partial charge is 0.160 e. The van der Waals surface area contributed by atoms with Gasteiger partial charge in [-0.05, 0) is 19.2 Å². The molecule has 0 fully saturated rings. The summed E-state index contributed by atoms with van der Waals surface area (Å²) in [7, 11) is 1.95. The minimum Gasteiger partial charge on any atom is -0.319 e. The first-order chi connectivity index (χ1) is 6.42. The zero-order valence-corrected chi connectivity index (χ0v) is 7.57. The number of fused-ring (bicyclic) bond motifs is 1. The second kappa shape index (κ2) is 3.53. The topological polar surface area (TPSA) is 42.2 Å². The van der Waals surface area contributed by atoms with Crippen LogP contribution in [-0.2, 0) is 6.42 Å². The van der Waals surface area contributed by atoms with Gasteiger partial charge in [-0.15, -0.1) is 10.2 Å². The van der Waals surface area contributed by atoms with Crippen molar-refractivity contribution in [2.24, 2.45) is 0 Å². The molecule has 0 saturated heterocycles. The molecule has 0 atom stereocenters. The Bertz CT molecular complexity index is 393. The third-order valence-electron chi connectivity index (χ3n) is 2.05. The third kappa shape index (κ3) is 1.53. The van der Waals surface area contributed by atoms with Crippen molar-refractivity contribution in [3.8, 4) is 0 Å². The van der Waals surface area contributed by atoms with Crippen LogP contribution in [0.2, 0.25) is 0 Å². The van der Waals surface area contributed by atoms with Gasteiger partial charge in [0.2, 0.25) is 0 Å². The highest BCUT2D eigenvalue weighted by Crippen LogP contribution is 2.04. The van der Waals surface area contributed by atoms with E-state index in [0.717, 1.165) is 18.6 Å². The van der Waals surface area contributed by atoms with Crippen LogP contribution in [-0.4, -0.2) is 28.2 Å². The monoisotopic (exact) mass is 176 g/mol. The summed E-state index contributed by atoms with van der Waals surface area (Å²) in [5, 5.41) is 11.0. The number of hydrogen-bond donors (Lipinski definition) is 1. The van der Waals surface area contributed by atoms with Crippen LogP contribution in [0.4, 0.5) is 0 Å². The van der Waals surface area contributed by atoms with E-state index in [1.807, 2.05) is 23.6 Å². The molecule has 1 N–H and O–H groups in total. The van der Waals surface area contributed by atoms with Crippen molar-refractivity contribution in [2.45, 2.75) is 6.42 Å². The van der Waals surface area contributed by atoms with Crippen molar-refractivity contribution >= 4 is 5.65 Å². The molecule has 13 heavy (non-hydrogen) atoms. The van der Waals surface area contributed by atoms with Gasteiger partial charge >= 0.3 is 0 Å². The van der Waals surface area contributed by atoms with Gasteiger partial charge in [0.15, 0.2) is 5.65 Å². The zero-order valence-electron chi connectivity index (χ0n) is 7.57. The van der Waals surface area contributed by atoms with Crippen molar-refractivity contribution in [2.75, 3.05) is 13.6 Å². The number of nitrogens with one attached hydrogen (secondary N) is 1. The van der Waals surface area contributed by atoms with Crippen molar-refractivity contribution in [1.82, 2.24) is 19.9 Å². The Kier molecular flexibility index (Phi) is 2.23. The summed E-state index contributed by atoms with van der Waals surface area (Å²) < 4.78 is 2.01. The summed E-state index contributed by atoms with van der Waals surface area (Å²) in [6.45, 7) is 0.970. The summed E-state index contributed by atoms with van der Waals surface area (Å²) in [5.74, 6) is 0. The molecule has 4 nitrogen and oxygen atoms in total. The van der Waals surface area contributed by atoms with E-state index in [1.165, 1.54) is 5.69 Å². The van der Waals surface area contributed by atoms with E-state index in [9.17, 15) is 0 Å². The van der Waals surface area contributed by atoms with Gasteiger partial charge in [-0.1, -0.05) is 6.07 Å². The molecule has 0 aliphatic rings. The lowest BCUT2D eigenvalue weighted by Gasteiger charge is -2.02. The summed E-state index contributed by atoms with van der Waals surface area (Å²) in [6.07, 6.45) is 2.74. The molecule has 2 rings (SSSR count). The summed E-state index contributed by atoms with van der Waals surface area (Å²) in [4.78, 5) is 0. The Morgan fingerprint density at radius 1 is 1.46 bits per heavy atom. The van der Waals surface area contributed by atoms with Gasteiger partial charge in [-0.2, -0.15) is 0 Å². The Hall–Kier alpha value is -1.42. The van der Waals surface area contributed by atoms with Gasteiger partial charge < -0.3 is 5.32 Å². The molecule has 0 aliphatic heterocycles. The molecule has 0 aliphatic carbocycles. The molecule has 0 saturated carbocycles. The first-order valence-corrected chi connectivity index (χ1v) is 4.34. The van der Waals surface area contributed by atoms with Crippen molar-refractivity contribution in [3.05, 3.63) is 30.2 Å². The minimum atomic E-state index is 0.911. The van der Waals surface area contributed by atoms with Crippen LogP contribution in [0.3, 0.4) is 0 Å². The molecule has 2 aromatic rings. The molecule has 0 aromatic carbocycles. The molecule has 4 heteroatoms.